The van der Waals surface area contributed by atoms with Crippen LogP contribution < -0.4 is 0 Å². The van der Waals surface area contributed by atoms with Gasteiger partial charge in [0.05, 0.1) is 6.10 Å². The molecule has 0 unspecified atom stereocenters. The summed E-state index contributed by atoms with van der Waals surface area (Å²) >= 11 is 0. The Morgan fingerprint density at radius 2 is 1.33 bits per heavy atom. The van der Waals surface area contributed by atoms with Crippen molar-refractivity contribution in [1.29, 1.82) is 0 Å². The zero-order valence-electron chi connectivity index (χ0n) is 12.3. The Bertz CT molecular complexity index is 247. The van der Waals surface area contributed by atoms with Crippen LogP contribution in [0.2, 0.25) is 0 Å². The molecule has 0 bridgehead atoms. The molecule has 1 heteroatoms. The van der Waals surface area contributed by atoms with E-state index >= 15 is 0 Å². The Balaban J connectivity index is 2.33. The fraction of sp³-hybridized carbons (Fsp3) is 0.765. The molecule has 0 amide bonds. The van der Waals surface area contributed by atoms with Gasteiger partial charge in [0.2, 0.25) is 0 Å². The first-order valence-corrected chi connectivity index (χ1v) is 7.85. The van der Waals surface area contributed by atoms with Crippen molar-refractivity contribution in [3.05, 3.63) is 23.3 Å². The van der Waals surface area contributed by atoms with Crippen molar-refractivity contribution in [3.8, 4) is 0 Å². The second kappa shape index (κ2) is 9.38. The summed E-state index contributed by atoms with van der Waals surface area (Å²) in [5, 5.41) is 10.2. The highest BCUT2D eigenvalue weighted by molar-refractivity contribution is 5.30. The first kappa shape index (κ1) is 15.5. The number of aliphatic hydroxyl groups is 1. The molecule has 1 nitrogen and oxygen atoms in total. The van der Waals surface area contributed by atoms with Crippen molar-refractivity contribution >= 4 is 0 Å². The molecule has 0 aromatic heterocycles. The largest absolute Gasteiger partial charge is 0.384 e. The molecular weight excluding hydrogens is 220 g/mol. The van der Waals surface area contributed by atoms with Crippen LogP contribution in [-0.4, -0.2) is 11.2 Å². The van der Waals surface area contributed by atoms with Crippen molar-refractivity contribution in [3.63, 3.8) is 0 Å². The molecule has 104 valence electrons. The molecule has 0 spiro atoms. The molecule has 1 rings (SSSR count). The minimum absolute atomic E-state index is 0.256. The highest BCUT2D eigenvalue weighted by atomic mass is 16.3. The summed E-state index contributed by atoms with van der Waals surface area (Å²) in [6.07, 6.45) is 16.4. The van der Waals surface area contributed by atoms with Gasteiger partial charge in [0, 0.05) is 0 Å². The van der Waals surface area contributed by atoms with Gasteiger partial charge in [-0.1, -0.05) is 51.7 Å². The molecule has 1 saturated carbocycles. The average molecular weight is 250 g/mol. The molecular formula is C17H30O. The Morgan fingerprint density at radius 1 is 0.889 bits per heavy atom. The van der Waals surface area contributed by atoms with Crippen LogP contribution >= 0.6 is 0 Å². The van der Waals surface area contributed by atoms with Gasteiger partial charge in [-0.3, -0.25) is 0 Å². The van der Waals surface area contributed by atoms with Crippen LogP contribution in [0.1, 0.15) is 78.1 Å². The summed E-state index contributed by atoms with van der Waals surface area (Å²) in [6, 6.07) is 0. The molecule has 0 heterocycles. The van der Waals surface area contributed by atoms with Crippen LogP contribution in [-0.2, 0) is 0 Å². The minimum atomic E-state index is -0.256. The van der Waals surface area contributed by atoms with E-state index in [1.807, 2.05) is 0 Å². The maximum atomic E-state index is 10.2. The first-order chi connectivity index (χ1) is 8.79. The number of aliphatic hydroxyl groups excluding tert-OH is 1. The summed E-state index contributed by atoms with van der Waals surface area (Å²) in [5.74, 6) is 0. The van der Waals surface area contributed by atoms with Crippen molar-refractivity contribution in [2.75, 3.05) is 0 Å². The fourth-order valence-corrected chi connectivity index (χ4v) is 2.59. The Hall–Kier alpha value is -0.560. The second-order valence-electron chi connectivity index (χ2n) is 5.45. The fourth-order valence-electron chi connectivity index (χ4n) is 2.59. The van der Waals surface area contributed by atoms with E-state index in [0.717, 1.165) is 25.7 Å². The predicted molar refractivity (Wildman–Crippen MR) is 79.7 cm³/mol. The van der Waals surface area contributed by atoms with Gasteiger partial charge >= 0.3 is 0 Å². The molecule has 1 aliphatic carbocycles. The smallest absolute Gasteiger partial charge is 0.0961 e. The lowest BCUT2D eigenvalue weighted by Gasteiger charge is -2.07. The summed E-state index contributed by atoms with van der Waals surface area (Å²) < 4.78 is 0. The molecule has 1 N–H and O–H groups in total. The zero-order valence-corrected chi connectivity index (χ0v) is 12.3. The van der Waals surface area contributed by atoms with Crippen molar-refractivity contribution in [1.82, 2.24) is 0 Å². The quantitative estimate of drug-likeness (QED) is 0.466. The van der Waals surface area contributed by atoms with Crippen molar-refractivity contribution in [2.24, 2.45) is 0 Å². The molecule has 0 atom stereocenters. The summed E-state index contributed by atoms with van der Waals surface area (Å²) in [4.78, 5) is 0. The van der Waals surface area contributed by atoms with Gasteiger partial charge in [-0.15, -0.1) is 0 Å². The highest BCUT2D eigenvalue weighted by Crippen LogP contribution is 2.31. The van der Waals surface area contributed by atoms with Crippen molar-refractivity contribution in [2.45, 2.75) is 84.2 Å². The maximum absolute atomic E-state index is 10.2. The average Bonchev–Trinajstić information content (AvgIpc) is 2.72. The third-order valence-corrected chi connectivity index (χ3v) is 3.83. The van der Waals surface area contributed by atoms with E-state index in [2.05, 4.69) is 26.0 Å². The van der Waals surface area contributed by atoms with E-state index in [-0.39, 0.29) is 6.10 Å². The van der Waals surface area contributed by atoms with Gasteiger partial charge in [0.25, 0.3) is 0 Å². The normalized spacial score (nSPS) is 24.3. The topological polar surface area (TPSA) is 20.2 Å². The summed E-state index contributed by atoms with van der Waals surface area (Å²) in [7, 11) is 0. The molecule has 1 fully saturated rings. The van der Waals surface area contributed by atoms with Gasteiger partial charge < -0.3 is 5.11 Å². The second-order valence-corrected chi connectivity index (χ2v) is 5.45. The van der Waals surface area contributed by atoms with E-state index < -0.39 is 0 Å². The van der Waals surface area contributed by atoms with E-state index in [9.17, 15) is 5.11 Å². The van der Waals surface area contributed by atoms with Crippen LogP contribution in [0.4, 0.5) is 0 Å². The molecule has 0 aliphatic heterocycles. The third kappa shape index (κ3) is 5.39. The van der Waals surface area contributed by atoms with Gasteiger partial charge in [0.1, 0.15) is 0 Å². The Kier molecular flexibility index (Phi) is 8.08. The third-order valence-electron chi connectivity index (χ3n) is 3.83. The monoisotopic (exact) mass is 250 g/mol. The highest BCUT2D eigenvalue weighted by Gasteiger charge is 2.22. The lowest BCUT2D eigenvalue weighted by molar-refractivity contribution is 0.254. The Morgan fingerprint density at radius 3 is 1.72 bits per heavy atom. The lowest BCUT2D eigenvalue weighted by Crippen LogP contribution is -2.05. The molecule has 0 radical (unpaired) electrons. The number of unbranched alkanes of at least 4 members (excludes halogenated alkanes) is 6. The van der Waals surface area contributed by atoms with Crippen LogP contribution in [0.5, 0.6) is 0 Å². The predicted octanol–water partition coefficient (Wildman–Crippen LogP) is 5.15. The van der Waals surface area contributed by atoms with Gasteiger partial charge in [-0.2, -0.15) is 0 Å². The van der Waals surface area contributed by atoms with E-state index in [4.69, 9.17) is 0 Å². The molecule has 0 aromatic rings. The molecule has 18 heavy (non-hydrogen) atoms. The molecule has 1 aliphatic rings. The lowest BCUT2D eigenvalue weighted by atomic mass is 10.1. The summed E-state index contributed by atoms with van der Waals surface area (Å²) in [6.45, 7) is 4.46. The zero-order chi connectivity index (χ0) is 13.2. The number of rotatable bonds is 8. The van der Waals surface area contributed by atoms with Crippen LogP contribution in [0.15, 0.2) is 23.3 Å². The van der Waals surface area contributed by atoms with E-state index in [0.29, 0.717) is 0 Å². The van der Waals surface area contributed by atoms with Crippen LogP contribution in [0.3, 0.4) is 0 Å². The van der Waals surface area contributed by atoms with Crippen molar-refractivity contribution < 1.29 is 5.11 Å². The van der Waals surface area contributed by atoms with E-state index in [1.165, 1.54) is 49.7 Å². The van der Waals surface area contributed by atoms with Gasteiger partial charge in [0.15, 0.2) is 0 Å². The standard InChI is InChI=1S/C17H30O/c1-3-5-7-9-11-15-13-14-16(17(15)18)12-10-8-6-4-2/h11-12,17-18H,3-10,13-14H2,1-2H3. The van der Waals surface area contributed by atoms with Gasteiger partial charge in [-0.05, 0) is 49.7 Å². The van der Waals surface area contributed by atoms with Crippen LogP contribution in [0.25, 0.3) is 0 Å². The summed E-state index contributed by atoms with van der Waals surface area (Å²) in [5.41, 5.74) is 2.54. The Labute approximate surface area is 113 Å². The number of hydrogen-bond acceptors (Lipinski definition) is 1. The van der Waals surface area contributed by atoms with Gasteiger partial charge in [-0.25, -0.2) is 0 Å². The van der Waals surface area contributed by atoms with Crippen LogP contribution in [0, 0.1) is 0 Å². The molecule has 0 aromatic carbocycles. The number of hydrogen-bond donors (Lipinski definition) is 1. The maximum Gasteiger partial charge on any atom is 0.0961 e. The first-order valence-electron chi connectivity index (χ1n) is 7.85. The molecule has 0 saturated heterocycles. The minimum Gasteiger partial charge on any atom is -0.384 e. The SMILES string of the molecule is CCCCCC=C1CCC(=CCCCCC)C1O. The van der Waals surface area contributed by atoms with E-state index in [1.54, 1.807) is 0 Å². The number of allylic oxidation sites excluding steroid dienone is 2.